The van der Waals surface area contributed by atoms with Crippen molar-refractivity contribution >= 4 is 34.3 Å². The van der Waals surface area contributed by atoms with Crippen LogP contribution in [0.1, 0.15) is 31.7 Å². The number of ether oxygens (including phenoxy) is 1. The summed E-state index contributed by atoms with van der Waals surface area (Å²) in [6.45, 7) is 2.09. The van der Waals surface area contributed by atoms with Gasteiger partial charge in [0.2, 0.25) is 0 Å². The number of ketones is 1. The van der Waals surface area contributed by atoms with Crippen LogP contribution in [0.25, 0.3) is 0 Å². The molecule has 1 aromatic rings. The van der Waals surface area contributed by atoms with Gasteiger partial charge >= 0.3 is 5.97 Å². The van der Waals surface area contributed by atoms with Crippen LogP contribution in [0, 0.1) is 8.99 Å². The average Bonchev–Trinajstić information content (AvgIpc) is 2.75. The van der Waals surface area contributed by atoms with Crippen molar-refractivity contribution in [1.82, 2.24) is 0 Å². The van der Waals surface area contributed by atoms with E-state index in [0.29, 0.717) is 25.9 Å². The summed E-state index contributed by atoms with van der Waals surface area (Å²) in [7, 11) is 0. The Hall–Kier alpha value is -0.910. The van der Waals surface area contributed by atoms with Gasteiger partial charge in [-0.25, -0.2) is 0 Å². The Balaban J connectivity index is 2.26. The fourth-order valence-electron chi connectivity index (χ4n) is 2.62. The molecular formula is C15H17IO3. The SMILES string of the molecule is CCOC(=O)C1(Cc2ccc(I)cc2)CCCC1=O. The summed E-state index contributed by atoms with van der Waals surface area (Å²) in [5.74, 6) is -0.319. The second kappa shape index (κ2) is 6.03. The molecule has 0 radical (unpaired) electrons. The average molecular weight is 372 g/mol. The fourth-order valence-corrected chi connectivity index (χ4v) is 2.98. The van der Waals surface area contributed by atoms with E-state index in [0.717, 1.165) is 15.6 Å². The van der Waals surface area contributed by atoms with Crippen LogP contribution in [0.15, 0.2) is 24.3 Å². The van der Waals surface area contributed by atoms with Crippen LogP contribution < -0.4 is 0 Å². The maximum Gasteiger partial charge on any atom is 0.319 e. The summed E-state index contributed by atoms with van der Waals surface area (Å²) in [6, 6.07) is 7.95. The first-order valence-electron chi connectivity index (χ1n) is 6.53. The highest BCUT2D eigenvalue weighted by molar-refractivity contribution is 14.1. The predicted molar refractivity (Wildman–Crippen MR) is 80.8 cm³/mol. The number of Topliss-reactive ketones (excluding diaryl/α,β-unsaturated/α-hetero) is 1. The molecule has 19 heavy (non-hydrogen) atoms. The maximum absolute atomic E-state index is 12.2. The van der Waals surface area contributed by atoms with Crippen molar-refractivity contribution in [3.63, 3.8) is 0 Å². The first-order chi connectivity index (χ1) is 9.08. The largest absolute Gasteiger partial charge is 0.465 e. The van der Waals surface area contributed by atoms with Gasteiger partial charge in [0.25, 0.3) is 0 Å². The lowest BCUT2D eigenvalue weighted by atomic mass is 9.79. The van der Waals surface area contributed by atoms with Crippen LogP contribution in [0.5, 0.6) is 0 Å². The number of carbonyl (C=O) groups excluding carboxylic acids is 2. The van der Waals surface area contributed by atoms with Gasteiger partial charge in [0.05, 0.1) is 6.61 Å². The van der Waals surface area contributed by atoms with Crippen LogP contribution in [0.4, 0.5) is 0 Å². The van der Waals surface area contributed by atoms with Crippen LogP contribution in [0.3, 0.4) is 0 Å². The number of halogens is 1. The molecule has 1 aromatic carbocycles. The molecule has 1 aliphatic carbocycles. The van der Waals surface area contributed by atoms with Gasteiger partial charge in [-0.2, -0.15) is 0 Å². The topological polar surface area (TPSA) is 43.4 Å². The standard InChI is InChI=1S/C15H17IO3/c1-2-19-14(18)15(9-3-4-13(15)17)10-11-5-7-12(16)8-6-11/h5-8H,2-4,9-10H2,1H3. The number of benzene rings is 1. The van der Waals surface area contributed by atoms with Gasteiger partial charge < -0.3 is 4.74 Å². The maximum atomic E-state index is 12.2. The van der Waals surface area contributed by atoms with Crippen LogP contribution in [-0.2, 0) is 20.7 Å². The van der Waals surface area contributed by atoms with Gasteiger partial charge in [-0.1, -0.05) is 12.1 Å². The number of carbonyl (C=O) groups is 2. The Kier molecular flexibility index (Phi) is 4.60. The summed E-state index contributed by atoms with van der Waals surface area (Å²) in [6.07, 6.45) is 2.34. The Morgan fingerprint density at radius 1 is 1.37 bits per heavy atom. The van der Waals surface area contributed by atoms with Gasteiger partial charge in [0.1, 0.15) is 5.41 Å². The first kappa shape index (κ1) is 14.5. The molecule has 1 aliphatic rings. The molecule has 4 heteroatoms. The third-order valence-corrected chi connectivity index (χ3v) is 4.35. The number of rotatable bonds is 4. The quantitative estimate of drug-likeness (QED) is 0.463. The van der Waals surface area contributed by atoms with E-state index < -0.39 is 5.41 Å². The molecule has 1 saturated carbocycles. The van der Waals surface area contributed by atoms with Crippen molar-refractivity contribution < 1.29 is 14.3 Å². The fraction of sp³-hybridized carbons (Fsp3) is 0.467. The van der Waals surface area contributed by atoms with Crippen molar-refractivity contribution in [2.75, 3.05) is 6.61 Å². The number of hydrogen-bond donors (Lipinski definition) is 0. The van der Waals surface area contributed by atoms with Gasteiger partial charge in [0, 0.05) is 9.99 Å². The van der Waals surface area contributed by atoms with Crippen molar-refractivity contribution in [3.05, 3.63) is 33.4 Å². The molecule has 2 rings (SSSR count). The van der Waals surface area contributed by atoms with Crippen molar-refractivity contribution in [2.24, 2.45) is 5.41 Å². The molecule has 1 fully saturated rings. The second-order valence-electron chi connectivity index (χ2n) is 4.88. The Morgan fingerprint density at radius 2 is 2.05 bits per heavy atom. The highest BCUT2D eigenvalue weighted by atomic mass is 127. The lowest BCUT2D eigenvalue weighted by Gasteiger charge is -2.25. The molecule has 1 atom stereocenters. The van der Waals surface area contributed by atoms with Gasteiger partial charge in [-0.15, -0.1) is 0 Å². The van der Waals surface area contributed by atoms with E-state index >= 15 is 0 Å². The van der Waals surface area contributed by atoms with Crippen LogP contribution in [0.2, 0.25) is 0 Å². The molecule has 0 N–H and O–H groups in total. The summed E-state index contributed by atoms with van der Waals surface area (Å²) in [5, 5.41) is 0. The van der Waals surface area contributed by atoms with E-state index in [1.807, 2.05) is 24.3 Å². The molecule has 0 amide bonds. The van der Waals surface area contributed by atoms with Crippen molar-refractivity contribution in [1.29, 1.82) is 0 Å². The van der Waals surface area contributed by atoms with Crippen molar-refractivity contribution in [2.45, 2.75) is 32.6 Å². The van der Waals surface area contributed by atoms with Gasteiger partial charge in [0.15, 0.2) is 5.78 Å². The summed E-state index contributed by atoms with van der Waals surface area (Å²) < 4.78 is 6.28. The number of hydrogen-bond acceptors (Lipinski definition) is 3. The summed E-state index contributed by atoms with van der Waals surface area (Å²) >= 11 is 2.24. The molecule has 0 aromatic heterocycles. The monoisotopic (exact) mass is 372 g/mol. The number of esters is 1. The first-order valence-corrected chi connectivity index (χ1v) is 7.61. The third kappa shape index (κ3) is 2.99. The van der Waals surface area contributed by atoms with Gasteiger partial charge in [-0.05, 0) is 66.5 Å². The van der Waals surface area contributed by atoms with Crippen LogP contribution in [-0.4, -0.2) is 18.4 Å². The Labute approximate surface area is 126 Å². The summed E-state index contributed by atoms with van der Waals surface area (Å²) in [5.41, 5.74) is 0.0757. The molecule has 102 valence electrons. The van der Waals surface area contributed by atoms with E-state index in [9.17, 15) is 9.59 Å². The lowest BCUT2D eigenvalue weighted by Crippen LogP contribution is -2.39. The van der Waals surface area contributed by atoms with Crippen LogP contribution >= 0.6 is 22.6 Å². The molecule has 0 saturated heterocycles. The third-order valence-electron chi connectivity index (χ3n) is 3.63. The molecule has 0 heterocycles. The normalized spacial score (nSPS) is 22.5. The lowest BCUT2D eigenvalue weighted by molar-refractivity contribution is -0.158. The Bertz CT molecular complexity index is 481. The van der Waals surface area contributed by atoms with E-state index in [4.69, 9.17) is 4.74 Å². The second-order valence-corrected chi connectivity index (χ2v) is 6.13. The minimum atomic E-state index is -0.942. The zero-order valence-electron chi connectivity index (χ0n) is 10.9. The van der Waals surface area contributed by atoms with Crippen molar-refractivity contribution in [3.8, 4) is 0 Å². The highest BCUT2D eigenvalue weighted by Gasteiger charge is 2.49. The molecule has 0 aliphatic heterocycles. The molecule has 0 bridgehead atoms. The Morgan fingerprint density at radius 3 is 2.58 bits per heavy atom. The molecule has 3 nitrogen and oxygen atoms in total. The van der Waals surface area contributed by atoms with Gasteiger partial charge in [-0.3, -0.25) is 9.59 Å². The smallest absolute Gasteiger partial charge is 0.319 e. The molecular weight excluding hydrogens is 355 g/mol. The minimum Gasteiger partial charge on any atom is -0.465 e. The minimum absolute atomic E-state index is 0.0319. The molecule has 0 spiro atoms. The van der Waals surface area contributed by atoms with E-state index in [1.54, 1.807) is 6.92 Å². The van der Waals surface area contributed by atoms with E-state index in [-0.39, 0.29) is 11.8 Å². The zero-order chi connectivity index (χ0) is 13.9. The van der Waals surface area contributed by atoms with E-state index in [1.165, 1.54) is 0 Å². The summed E-state index contributed by atoms with van der Waals surface area (Å²) in [4.78, 5) is 24.4. The highest BCUT2D eigenvalue weighted by Crippen LogP contribution is 2.39. The molecule has 1 unspecified atom stereocenters. The zero-order valence-corrected chi connectivity index (χ0v) is 13.1. The predicted octanol–water partition coefficient (Wildman–Crippen LogP) is 3.14. The van der Waals surface area contributed by atoms with E-state index in [2.05, 4.69) is 22.6 Å².